The van der Waals surface area contributed by atoms with Gasteiger partial charge in [-0.25, -0.2) is 0 Å². The predicted molar refractivity (Wildman–Crippen MR) is 135 cm³/mol. The van der Waals surface area contributed by atoms with Gasteiger partial charge in [0.1, 0.15) is 5.82 Å². The van der Waals surface area contributed by atoms with E-state index in [-0.39, 0.29) is 5.91 Å². The van der Waals surface area contributed by atoms with Crippen molar-refractivity contribution in [3.05, 3.63) is 71.5 Å². The number of alkyl halides is 3. The fourth-order valence-corrected chi connectivity index (χ4v) is 5.43. The zero-order valence-corrected chi connectivity index (χ0v) is 21.0. The second kappa shape index (κ2) is 12.4. The van der Waals surface area contributed by atoms with Crippen LogP contribution >= 0.6 is 11.8 Å². The molecule has 0 saturated heterocycles. The van der Waals surface area contributed by atoms with Gasteiger partial charge in [0, 0.05) is 24.6 Å². The molecule has 1 saturated carbocycles. The zero-order valence-electron chi connectivity index (χ0n) is 20.1. The molecule has 1 aromatic heterocycles. The zero-order chi connectivity index (χ0) is 25.4. The summed E-state index contributed by atoms with van der Waals surface area (Å²) in [7, 11) is 0. The summed E-state index contributed by atoms with van der Waals surface area (Å²) in [6, 6.07) is 15.2. The van der Waals surface area contributed by atoms with E-state index in [2.05, 4.69) is 15.5 Å². The van der Waals surface area contributed by atoms with Crippen LogP contribution in [0.15, 0.2) is 59.8 Å². The maximum absolute atomic E-state index is 13.4. The number of aromatic nitrogens is 3. The Balaban J connectivity index is 1.41. The monoisotopic (exact) mass is 516 g/mol. The van der Waals surface area contributed by atoms with Gasteiger partial charge in [0.15, 0.2) is 5.16 Å². The molecule has 2 aromatic carbocycles. The highest BCUT2D eigenvalue weighted by molar-refractivity contribution is 7.99. The number of hydrogen-bond acceptors (Lipinski definition) is 4. The van der Waals surface area contributed by atoms with Gasteiger partial charge in [0.2, 0.25) is 5.91 Å². The average molecular weight is 517 g/mol. The Morgan fingerprint density at radius 3 is 2.53 bits per heavy atom. The maximum atomic E-state index is 13.4. The van der Waals surface area contributed by atoms with Crippen LogP contribution in [0.1, 0.15) is 68.3 Å². The van der Waals surface area contributed by atoms with Crippen molar-refractivity contribution in [3.8, 4) is 5.69 Å². The number of carbonyl (C=O) groups excluding carboxylic acids is 1. The Morgan fingerprint density at radius 1 is 1.00 bits per heavy atom. The predicted octanol–water partition coefficient (Wildman–Crippen LogP) is 6.59. The van der Waals surface area contributed by atoms with Crippen LogP contribution in [0.4, 0.5) is 13.2 Å². The van der Waals surface area contributed by atoms with Crippen LogP contribution in [0.5, 0.6) is 0 Å². The first-order valence-electron chi connectivity index (χ1n) is 12.5. The summed E-state index contributed by atoms with van der Waals surface area (Å²) in [6.07, 6.45) is 3.79. The molecule has 0 unspecified atom stereocenters. The Kier molecular flexibility index (Phi) is 9.07. The summed E-state index contributed by atoms with van der Waals surface area (Å²) in [4.78, 5) is 12.2. The molecule has 3 aromatic rings. The van der Waals surface area contributed by atoms with Crippen molar-refractivity contribution in [1.29, 1.82) is 0 Å². The quantitative estimate of drug-likeness (QED) is 0.244. The number of halogens is 3. The summed E-state index contributed by atoms with van der Waals surface area (Å²) in [5, 5.41) is 12.3. The first-order valence-corrected chi connectivity index (χ1v) is 13.5. The van der Waals surface area contributed by atoms with E-state index >= 15 is 0 Å². The van der Waals surface area contributed by atoms with Gasteiger partial charge < -0.3 is 5.32 Å². The van der Waals surface area contributed by atoms with Gasteiger partial charge in [-0.2, -0.15) is 13.2 Å². The molecule has 1 aliphatic rings. The van der Waals surface area contributed by atoms with Crippen LogP contribution in [-0.4, -0.2) is 32.5 Å². The molecular weight excluding hydrogens is 485 g/mol. The molecule has 0 bridgehead atoms. The topological polar surface area (TPSA) is 59.8 Å². The van der Waals surface area contributed by atoms with Crippen LogP contribution in [0, 0.1) is 0 Å². The Labute approximate surface area is 213 Å². The molecule has 1 fully saturated rings. The van der Waals surface area contributed by atoms with Crippen molar-refractivity contribution < 1.29 is 18.0 Å². The molecule has 4 rings (SSSR count). The average Bonchev–Trinajstić information content (AvgIpc) is 3.26. The van der Waals surface area contributed by atoms with Crippen molar-refractivity contribution in [2.75, 3.05) is 5.75 Å². The largest absolute Gasteiger partial charge is 0.416 e. The molecule has 0 aliphatic heterocycles. The fourth-order valence-electron chi connectivity index (χ4n) is 4.47. The van der Waals surface area contributed by atoms with E-state index in [0.29, 0.717) is 41.3 Å². The highest BCUT2D eigenvalue weighted by Gasteiger charge is 2.31. The van der Waals surface area contributed by atoms with E-state index in [1.165, 1.54) is 37.1 Å². The number of nitrogens with one attached hydrogen (secondary N) is 1. The third kappa shape index (κ3) is 7.35. The lowest BCUT2D eigenvalue weighted by molar-refractivity contribution is -0.137. The van der Waals surface area contributed by atoms with Gasteiger partial charge >= 0.3 is 6.18 Å². The maximum Gasteiger partial charge on any atom is 0.416 e. The van der Waals surface area contributed by atoms with Gasteiger partial charge in [0.05, 0.1) is 11.3 Å². The number of benzene rings is 2. The third-order valence-corrected chi connectivity index (χ3v) is 7.35. The molecule has 5 nitrogen and oxygen atoms in total. The number of carbonyl (C=O) groups is 1. The van der Waals surface area contributed by atoms with Crippen molar-refractivity contribution in [2.45, 2.75) is 75.2 Å². The minimum Gasteiger partial charge on any atom is -0.353 e. The fraction of sp³-hybridized carbons (Fsp3) is 0.444. The van der Waals surface area contributed by atoms with E-state index < -0.39 is 11.7 Å². The standard InChI is InChI=1S/C27H31F3N4OS/c28-27(29,30)21-12-9-15-23(19-21)34-24(18-20-10-3-1-4-11-20)32-33-26(34)36-17-8-7-16-25(35)31-22-13-5-2-6-14-22/h1,3-4,9-12,15,19,22H,2,5-8,13-14,16-18H2,(H,31,35). The Hall–Kier alpha value is -2.81. The van der Waals surface area contributed by atoms with Gasteiger partial charge in [-0.3, -0.25) is 9.36 Å². The molecule has 1 heterocycles. The van der Waals surface area contributed by atoms with Gasteiger partial charge in [-0.05, 0) is 49.4 Å². The van der Waals surface area contributed by atoms with E-state index in [4.69, 9.17) is 0 Å². The van der Waals surface area contributed by atoms with Crippen LogP contribution < -0.4 is 5.32 Å². The normalized spacial score (nSPS) is 14.6. The second-order valence-corrected chi connectivity index (χ2v) is 10.2. The van der Waals surface area contributed by atoms with Gasteiger partial charge in [-0.15, -0.1) is 10.2 Å². The van der Waals surface area contributed by atoms with Gasteiger partial charge in [-0.1, -0.05) is 67.4 Å². The van der Waals surface area contributed by atoms with Crippen molar-refractivity contribution in [1.82, 2.24) is 20.1 Å². The molecule has 9 heteroatoms. The lowest BCUT2D eigenvalue weighted by Crippen LogP contribution is -2.35. The van der Waals surface area contributed by atoms with Crippen molar-refractivity contribution in [3.63, 3.8) is 0 Å². The van der Waals surface area contributed by atoms with Crippen LogP contribution in [-0.2, 0) is 17.4 Å². The molecule has 1 amide bonds. The Morgan fingerprint density at radius 2 is 1.78 bits per heavy atom. The summed E-state index contributed by atoms with van der Waals surface area (Å²) < 4.78 is 41.9. The number of thioether (sulfide) groups is 1. The minimum absolute atomic E-state index is 0.101. The lowest BCUT2D eigenvalue weighted by Gasteiger charge is -2.22. The molecule has 0 atom stereocenters. The molecule has 0 spiro atoms. The molecular formula is C27H31F3N4OS. The number of unbranched alkanes of at least 4 members (excludes halogenated alkanes) is 1. The number of nitrogens with zero attached hydrogens (tertiary/aromatic N) is 3. The van der Waals surface area contributed by atoms with Crippen LogP contribution in [0.25, 0.3) is 5.69 Å². The second-order valence-electron chi connectivity index (χ2n) is 9.15. The summed E-state index contributed by atoms with van der Waals surface area (Å²) in [6.45, 7) is 0. The molecule has 1 N–H and O–H groups in total. The van der Waals surface area contributed by atoms with E-state index in [1.54, 1.807) is 10.6 Å². The summed E-state index contributed by atoms with van der Waals surface area (Å²) in [5.74, 6) is 1.37. The summed E-state index contributed by atoms with van der Waals surface area (Å²) >= 11 is 1.45. The first-order chi connectivity index (χ1) is 17.4. The SMILES string of the molecule is O=C(CCCCSc1nnc(Cc2ccccc2)n1-c1cccc(C(F)(F)F)c1)NC1CCCCC1. The van der Waals surface area contributed by atoms with Gasteiger partial charge in [0.25, 0.3) is 0 Å². The number of amides is 1. The first kappa shape index (κ1) is 26.3. The highest BCUT2D eigenvalue weighted by atomic mass is 32.2. The molecule has 0 radical (unpaired) electrons. The summed E-state index contributed by atoms with van der Waals surface area (Å²) in [5.41, 5.74) is 0.674. The van der Waals surface area contributed by atoms with Crippen LogP contribution in [0.2, 0.25) is 0 Å². The third-order valence-electron chi connectivity index (χ3n) is 6.34. The van der Waals surface area contributed by atoms with E-state index in [0.717, 1.165) is 43.4 Å². The Bertz CT molecular complexity index is 1130. The molecule has 36 heavy (non-hydrogen) atoms. The molecule has 192 valence electrons. The number of rotatable bonds is 10. The lowest BCUT2D eigenvalue weighted by atomic mass is 9.95. The number of hydrogen-bond donors (Lipinski definition) is 1. The van der Waals surface area contributed by atoms with Crippen LogP contribution in [0.3, 0.4) is 0 Å². The highest BCUT2D eigenvalue weighted by Crippen LogP contribution is 2.32. The van der Waals surface area contributed by atoms with Crippen molar-refractivity contribution >= 4 is 17.7 Å². The van der Waals surface area contributed by atoms with Crippen molar-refractivity contribution in [2.24, 2.45) is 0 Å². The molecule has 1 aliphatic carbocycles. The van der Waals surface area contributed by atoms with E-state index in [9.17, 15) is 18.0 Å². The van der Waals surface area contributed by atoms with E-state index in [1.807, 2.05) is 30.3 Å². The smallest absolute Gasteiger partial charge is 0.353 e. The minimum atomic E-state index is -4.44.